The molecule has 4 rings (SSSR count). The molecule has 1 aliphatic rings. The lowest BCUT2D eigenvalue weighted by molar-refractivity contribution is -0.132. The Hall–Kier alpha value is -3.31. The fourth-order valence-corrected chi connectivity index (χ4v) is 3.83. The van der Waals surface area contributed by atoms with Gasteiger partial charge < -0.3 is 10.6 Å². The molecular weight excluding hydrogens is 382 g/mol. The van der Waals surface area contributed by atoms with Crippen molar-refractivity contribution in [1.29, 1.82) is 0 Å². The van der Waals surface area contributed by atoms with Crippen molar-refractivity contribution in [2.75, 3.05) is 6.54 Å². The highest BCUT2D eigenvalue weighted by molar-refractivity contribution is 5.83. The van der Waals surface area contributed by atoms with Gasteiger partial charge >= 0.3 is 0 Å². The van der Waals surface area contributed by atoms with Crippen molar-refractivity contribution < 1.29 is 13.6 Å². The third-order valence-corrected chi connectivity index (χ3v) is 5.39. The van der Waals surface area contributed by atoms with Gasteiger partial charge in [-0.1, -0.05) is 66.7 Å². The zero-order valence-corrected chi connectivity index (χ0v) is 16.3. The Morgan fingerprint density at radius 3 is 2.37 bits per heavy atom. The summed E-state index contributed by atoms with van der Waals surface area (Å²) in [5.41, 5.74) is 8.82. The van der Waals surface area contributed by atoms with E-state index in [2.05, 4.69) is 0 Å². The van der Waals surface area contributed by atoms with Crippen LogP contribution in [-0.2, 0) is 4.79 Å². The van der Waals surface area contributed by atoms with Crippen molar-refractivity contribution in [1.82, 2.24) is 4.90 Å². The quantitative estimate of drug-likeness (QED) is 0.649. The first-order valence-corrected chi connectivity index (χ1v) is 9.84. The van der Waals surface area contributed by atoms with Crippen molar-refractivity contribution in [2.24, 2.45) is 5.73 Å². The maximum atomic E-state index is 14.4. The molecule has 2 N–H and O–H groups in total. The van der Waals surface area contributed by atoms with Gasteiger partial charge in [0, 0.05) is 24.6 Å². The third-order valence-electron chi connectivity index (χ3n) is 5.39. The molecule has 0 aromatic heterocycles. The average Bonchev–Trinajstić information content (AvgIpc) is 3.22. The first kappa shape index (κ1) is 20.0. The van der Waals surface area contributed by atoms with E-state index in [9.17, 15) is 13.6 Å². The lowest BCUT2D eigenvalue weighted by Gasteiger charge is -2.26. The van der Waals surface area contributed by atoms with Crippen molar-refractivity contribution in [2.45, 2.75) is 18.5 Å². The predicted octanol–water partition coefficient (Wildman–Crippen LogP) is 5.02. The minimum absolute atomic E-state index is 0.125. The summed E-state index contributed by atoms with van der Waals surface area (Å²) < 4.78 is 28.1. The lowest BCUT2D eigenvalue weighted by Crippen LogP contribution is -2.33. The van der Waals surface area contributed by atoms with Gasteiger partial charge in [-0.05, 0) is 34.9 Å². The van der Waals surface area contributed by atoms with Crippen LogP contribution in [0.3, 0.4) is 0 Å². The van der Waals surface area contributed by atoms with Gasteiger partial charge in [-0.3, -0.25) is 4.79 Å². The Bertz CT molecular complexity index is 1070. The van der Waals surface area contributed by atoms with Crippen LogP contribution in [0.25, 0.3) is 5.57 Å². The second-order valence-corrected chi connectivity index (χ2v) is 7.41. The number of carbonyl (C=O) groups excluding carboxylic acids is 1. The number of benzene rings is 3. The number of nitrogens with zero attached hydrogens (tertiary/aromatic N) is 1. The van der Waals surface area contributed by atoms with Gasteiger partial charge in [-0.2, -0.15) is 0 Å². The molecule has 0 radical (unpaired) electrons. The van der Waals surface area contributed by atoms with Gasteiger partial charge in [0.25, 0.3) is 0 Å². The Morgan fingerprint density at radius 2 is 1.67 bits per heavy atom. The fourth-order valence-electron chi connectivity index (χ4n) is 3.83. The highest BCUT2D eigenvalue weighted by Crippen LogP contribution is 2.36. The number of carbonyl (C=O) groups is 1. The molecule has 30 heavy (non-hydrogen) atoms. The summed E-state index contributed by atoms with van der Waals surface area (Å²) in [5.74, 6) is -1.16. The Balaban J connectivity index is 1.63. The van der Waals surface area contributed by atoms with Gasteiger partial charge in [0.15, 0.2) is 0 Å². The highest BCUT2D eigenvalue weighted by Gasteiger charge is 2.32. The molecule has 152 valence electrons. The molecular formula is C25H22F2N2O. The zero-order valence-electron chi connectivity index (χ0n) is 16.3. The number of hydrogen-bond donors (Lipinski definition) is 1. The molecule has 1 heterocycles. The summed E-state index contributed by atoms with van der Waals surface area (Å²) in [6.07, 6.45) is 1.96. The van der Waals surface area contributed by atoms with Crippen LogP contribution in [0.5, 0.6) is 0 Å². The minimum atomic E-state index is -0.514. The topological polar surface area (TPSA) is 46.3 Å². The summed E-state index contributed by atoms with van der Waals surface area (Å²) in [6.45, 7) is 0.195. The average molecular weight is 404 g/mol. The van der Waals surface area contributed by atoms with Gasteiger partial charge in [-0.15, -0.1) is 0 Å². The summed E-state index contributed by atoms with van der Waals surface area (Å²) in [5, 5.41) is 0. The molecule has 3 aromatic rings. The molecule has 0 bridgehead atoms. The summed E-state index contributed by atoms with van der Waals surface area (Å²) in [7, 11) is 0. The molecule has 0 aliphatic carbocycles. The maximum Gasteiger partial charge on any atom is 0.225 e. The van der Waals surface area contributed by atoms with Crippen molar-refractivity contribution in [3.05, 3.63) is 113 Å². The molecule has 0 saturated carbocycles. The molecule has 0 fully saturated rings. The van der Waals surface area contributed by atoms with Gasteiger partial charge in [-0.25, -0.2) is 8.78 Å². The third kappa shape index (κ3) is 4.16. The van der Waals surface area contributed by atoms with E-state index in [0.717, 1.165) is 23.3 Å². The standard InChI is InChI=1S/C25H22F2N2O/c26-20-11-12-22(27)21(14-20)19-13-24(18-9-5-2-6-10-18)29(16-19)25(30)15-23(28)17-7-3-1-4-8-17/h1-14,23-24H,15-16,28H2/t23-,24?/m1/s1. The molecule has 2 atom stereocenters. The molecule has 1 aliphatic heterocycles. The number of halogens is 2. The van der Waals surface area contributed by atoms with Crippen LogP contribution in [0, 0.1) is 11.6 Å². The number of nitrogens with two attached hydrogens (primary N) is 1. The van der Waals surface area contributed by atoms with E-state index in [1.807, 2.05) is 66.7 Å². The second kappa shape index (κ2) is 8.59. The predicted molar refractivity (Wildman–Crippen MR) is 113 cm³/mol. The summed E-state index contributed by atoms with van der Waals surface area (Å²) >= 11 is 0. The SMILES string of the molecule is N[C@H](CC(=O)N1CC(c2cc(F)ccc2F)=CC1c1ccccc1)c1ccccc1. The van der Waals surface area contributed by atoms with E-state index in [0.29, 0.717) is 5.57 Å². The zero-order chi connectivity index (χ0) is 21.1. The largest absolute Gasteiger partial charge is 0.328 e. The molecule has 0 spiro atoms. The summed E-state index contributed by atoms with van der Waals surface area (Å²) in [4.78, 5) is 14.9. The van der Waals surface area contributed by atoms with E-state index in [1.165, 1.54) is 6.07 Å². The van der Waals surface area contributed by atoms with Crippen LogP contribution >= 0.6 is 0 Å². The molecule has 0 saturated heterocycles. The first-order chi connectivity index (χ1) is 14.5. The van der Waals surface area contributed by atoms with Crippen LogP contribution in [0.2, 0.25) is 0 Å². The van der Waals surface area contributed by atoms with Crippen LogP contribution in [0.15, 0.2) is 84.9 Å². The van der Waals surface area contributed by atoms with E-state index < -0.39 is 17.7 Å². The minimum Gasteiger partial charge on any atom is -0.328 e. The fraction of sp³-hybridized carbons (Fsp3) is 0.160. The molecule has 3 aromatic carbocycles. The maximum absolute atomic E-state index is 14.4. The normalized spacial score (nSPS) is 17.0. The van der Waals surface area contributed by atoms with E-state index in [-0.39, 0.29) is 30.5 Å². The molecule has 1 amide bonds. The Morgan fingerprint density at radius 1 is 1.00 bits per heavy atom. The second-order valence-electron chi connectivity index (χ2n) is 7.41. The molecule has 1 unspecified atom stereocenters. The number of rotatable bonds is 5. The Kier molecular flexibility index (Phi) is 5.72. The van der Waals surface area contributed by atoms with Crippen molar-refractivity contribution >= 4 is 11.5 Å². The van der Waals surface area contributed by atoms with E-state index in [4.69, 9.17) is 5.73 Å². The monoisotopic (exact) mass is 404 g/mol. The van der Waals surface area contributed by atoms with E-state index >= 15 is 0 Å². The van der Waals surface area contributed by atoms with E-state index in [1.54, 1.807) is 4.90 Å². The van der Waals surface area contributed by atoms with Crippen molar-refractivity contribution in [3.8, 4) is 0 Å². The van der Waals surface area contributed by atoms with Crippen LogP contribution in [0.4, 0.5) is 8.78 Å². The summed E-state index contributed by atoms with van der Waals surface area (Å²) in [6, 6.07) is 21.5. The first-order valence-electron chi connectivity index (χ1n) is 9.84. The van der Waals surface area contributed by atoms with Crippen molar-refractivity contribution in [3.63, 3.8) is 0 Å². The lowest BCUT2D eigenvalue weighted by atomic mass is 10.0. The Labute approximate surface area is 174 Å². The van der Waals surface area contributed by atoms with Gasteiger partial charge in [0.2, 0.25) is 5.91 Å². The number of amides is 1. The van der Waals surface area contributed by atoms with Crippen LogP contribution < -0.4 is 5.73 Å². The van der Waals surface area contributed by atoms with Gasteiger partial charge in [0.1, 0.15) is 11.6 Å². The smallest absolute Gasteiger partial charge is 0.225 e. The highest BCUT2D eigenvalue weighted by atomic mass is 19.1. The van der Waals surface area contributed by atoms with Crippen LogP contribution in [0.1, 0.15) is 35.2 Å². The molecule has 5 heteroatoms. The van der Waals surface area contributed by atoms with Crippen LogP contribution in [-0.4, -0.2) is 17.4 Å². The van der Waals surface area contributed by atoms with Gasteiger partial charge in [0.05, 0.1) is 6.04 Å². The molecule has 3 nitrogen and oxygen atoms in total. The number of hydrogen-bond acceptors (Lipinski definition) is 2.